The Balaban J connectivity index is 1.90. The summed E-state index contributed by atoms with van der Waals surface area (Å²) in [5, 5.41) is 16.2. The molecule has 0 aliphatic carbocycles. The number of carbonyl (C=O) groups excluding carboxylic acids is 1. The Morgan fingerprint density at radius 3 is 2.70 bits per heavy atom. The molecule has 2 N–H and O–H groups in total. The average Bonchev–Trinajstić information content (AvgIpc) is 3.23. The minimum absolute atomic E-state index is 0.274. The topological polar surface area (TPSA) is 88.5 Å². The number of furan rings is 1. The standard InChI is InChI=1S/C17H16N2O4/c1-11-15(16(19-23-11)12-6-3-2-4-7-12)17(21)18-13(10-20)14-8-5-9-22-14/h2-9,13,20H,10H2,1H3,(H,18,21). The van der Waals surface area contributed by atoms with Crippen LogP contribution in [-0.2, 0) is 0 Å². The van der Waals surface area contributed by atoms with E-state index in [2.05, 4.69) is 10.5 Å². The summed E-state index contributed by atoms with van der Waals surface area (Å²) in [4.78, 5) is 12.6. The van der Waals surface area contributed by atoms with E-state index in [0.29, 0.717) is 22.8 Å². The lowest BCUT2D eigenvalue weighted by Gasteiger charge is -2.14. The van der Waals surface area contributed by atoms with Crippen LogP contribution < -0.4 is 5.32 Å². The van der Waals surface area contributed by atoms with E-state index in [0.717, 1.165) is 5.56 Å². The molecule has 1 aromatic carbocycles. The van der Waals surface area contributed by atoms with Crippen molar-refractivity contribution in [2.24, 2.45) is 0 Å². The Labute approximate surface area is 132 Å². The van der Waals surface area contributed by atoms with E-state index < -0.39 is 6.04 Å². The van der Waals surface area contributed by atoms with Crippen molar-refractivity contribution in [3.05, 3.63) is 65.8 Å². The van der Waals surface area contributed by atoms with Gasteiger partial charge in [0.05, 0.1) is 12.9 Å². The summed E-state index contributed by atoms with van der Waals surface area (Å²) in [6.45, 7) is 1.40. The lowest BCUT2D eigenvalue weighted by Crippen LogP contribution is -2.31. The predicted molar refractivity (Wildman–Crippen MR) is 82.7 cm³/mol. The van der Waals surface area contributed by atoms with Gasteiger partial charge in [0, 0.05) is 5.56 Å². The van der Waals surface area contributed by atoms with Crippen molar-refractivity contribution < 1.29 is 18.8 Å². The number of nitrogens with one attached hydrogen (secondary N) is 1. The summed E-state index contributed by atoms with van der Waals surface area (Å²) in [6, 6.07) is 12.1. The molecule has 6 heteroatoms. The molecule has 2 heterocycles. The number of aliphatic hydroxyl groups is 1. The van der Waals surface area contributed by atoms with Crippen LogP contribution in [0, 0.1) is 6.92 Å². The van der Waals surface area contributed by atoms with Gasteiger partial charge in [-0.3, -0.25) is 4.79 Å². The smallest absolute Gasteiger partial charge is 0.257 e. The molecule has 0 radical (unpaired) electrons. The average molecular weight is 312 g/mol. The molecule has 1 unspecified atom stereocenters. The third-order valence-electron chi connectivity index (χ3n) is 3.51. The van der Waals surface area contributed by atoms with Gasteiger partial charge in [-0.2, -0.15) is 0 Å². The minimum atomic E-state index is -0.629. The van der Waals surface area contributed by atoms with Crippen LogP contribution >= 0.6 is 0 Å². The fourth-order valence-corrected chi connectivity index (χ4v) is 2.36. The summed E-state index contributed by atoms with van der Waals surface area (Å²) in [6.07, 6.45) is 1.49. The maximum absolute atomic E-state index is 12.6. The van der Waals surface area contributed by atoms with Crippen molar-refractivity contribution in [3.63, 3.8) is 0 Å². The minimum Gasteiger partial charge on any atom is -0.467 e. The number of nitrogens with zero attached hydrogens (tertiary/aromatic N) is 1. The van der Waals surface area contributed by atoms with E-state index in [1.807, 2.05) is 30.3 Å². The first-order valence-electron chi connectivity index (χ1n) is 7.17. The van der Waals surface area contributed by atoms with Crippen LogP contribution in [0.4, 0.5) is 0 Å². The van der Waals surface area contributed by atoms with Crippen molar-refractivity contribution in [2.45, 2.75) is 13.0 Å². The van der Waals surface area contributed by atoms with Crippen molar-refractivity contribution in [1.29, 1.82) is 0 Å². The number of benzene rings is 1. The van der Waals surface area contributed by atoms with Crippen LogP contribution in [0.5, 0.6) is 0 Å². The number of aromatic nitrogens is 1. The van der Waals surface area contributed by atoms with Gasteiger partial charge in [0.15, 0.2) is 0 Å². The largest absolute Gasteiger partial charge is 0.467 e. The first-order valence-corrected chi connectivity index (χ1v) is 7.17. The van der Waals surface area contributed by atoms with Crippen molar-refractivity contribution >= 4 is 5.91 Å². The highest BCUT2D eigenvalue weighted by Gasteiger charge is 2.24. The van der Waals surface area contributed by atoms with Gasteiger partial charge in [0.2, 0.25) is 0 Å². The molecule has 0 fully saturated rings. The molecule has 0 saturated heterocycles. The molecular formula is C17H16N2O4. The maximum atomic E-state index is 12.6. The van der Waals surface area contributed by atoms with Gasteiger partial charge in [-0.15, -0.1) is 0 Å². The highest BCUT2D eigenvalue weighted by atomic mass is 16.5. The normalized spacial score (nSPS) is 12.1. The van der Waals surface area contributed by atoms with E-state index in [4.69, 9.17) is 8.94 Å². The summed E-state index contributed by atoms with van der Waals surface area (Å²) >= 11 is 0. The van der Waals surface area contributed by atoms with Gasteiger partial charge in [-0.1, -0.05) is 35.5 Å². The predicted octanol–water partition coefficient (Wildman–Crippen LogP) is 2.71. The molecule has 0 aliphatic rings. The highest BCUT2D eigenvalue weighted by Crippen LogP contribution is 2.25. The van der Waals surface area contributed by atoms with Crippen molar-refractivity contribution in [3.8, 4) is 11.3 Å². The fraction of sp³-hybridized carbons (Fsp3) is 0.176. The summed E-state index contributed by atoms with van der Waals surface area (Å²) < 4.78 is 10.4. The van der Waals surface area contributed by atoms with Gasteiger partial charge in [0.1, 0.15) is 28.8 Å². The van der Waals surface area contributed by atoms with Gasteiger partial charge < -0.3 is 19.4 Å². The second-order valence-electron chi connectivity index (χ2n) is 5.05. The van der Waals surface area contributed by atoms with Crippen LogP contribution in [-0.4, -0.2) is 22.8 Å². The molecule has 0 bridgehead atoms. The van der Waals surface area contributed by atoms with Crippen molar-refractivity contribution in [2.75, 3.05) is 6.61 Å². The third-order valence-corrected chi connectivity index (χ3v) is 3.51. The van der Waals surface area contributed by atoms with Gasteiger partial charge in [-0.25, -0.2) is 0 Å². The number of hydrogen-bond acceptors (Lipinski definition) is 5. The molecule has 118 valence electrons. The molecule has 3 aromatic rings. The number of rotatable bonds is 5. The lowest BCUT2D eigenvalue weighted by atomic mass is 10.1. The Bertz CT molecular complexity index is 778. The monoisotopic (exact) mass is 312 g/mol. The van der Waals surface area contributed by atoms with Gasteiger partial charge in [-0.05, 0) is 19.1 Å². The van der Waals surface area contributed by atoms with E-state index in [-0.39, 0.29) is 12.5 Å². The Hall–Kier alpha value is -2.86. The first kappa shape index (κ1) is 15.1. The molecule has 6 nitrogen and oxygen atoms in total. The highest BCUT2D eigenvalue weighted by molar-refractivity contribution is 6.00. The molecule has 0 aliphatic heterocycles. The number of aryl methyl sites for hydroxylation is 1. The Morgan fingerprint density at radius 2 is 2.04 bits per heavy atom. The Kier molecular flexibility index (Phi) is 4.25. The SMILES string of the molecule is Cc1onc(-c2ccccc2)c1C(=O)NC(CO)c1ccco1. The van der Waals surface area contributed by atoms with Crippen molar-refractivity contribution in [1.82, 2.24) is 10.5 Å². The number of carbonyl (C=O) groups is 1. The number of aliphatic hydroxyl groups excluding tert-OH is 1. The van der Waals surface area contributed by atoms with Crippen LogP contribution in [0.3, 0.4) is 0 Å². The first-order chi connectivity index (χ1) is 11.2. The van der Waals surface area contributed by atoms with E-state index in [9.17, 15) is 9.90 Å². The zero-order chi connectivity index (χ0) is 16.2. The Morgan fingerprint density at radius 1 is 1.26 bits per heavy atom. The quantitative estimate of drug-likeness (QED) is 0.756. The zero-order valence-corrected chi connectivity index (χ0v) is 12.5. The van der Waals surface area contributed by atoms with E-state index in [1.165, 1.54) is 6.26 Å². The maximum Gasteiger partial charge on any atom is 0.257 e. The fourth-order valence-electron chi connectivity index (χ4n) is 2.36. The second kappa shape index (κ2) is 6.50. The molecular weight excluding hydrogens is 296 g/mol. The summed E-state index contributed by atoms with van der Waals surface area (Å²) in [5.74, 6) is 0.520. The second-order valence-corrected chi connectivity index (χ2v) is 5.05. The number of hydrogen-bond donors (Lipinski definition) is 2. The van der Waals surface area contributed by atoms with Crippen LogP contribution in [0.2, 0.25) is 0 Å². The number of amides is 1. The molecule has 2 aromatic heterocycles. The molecule has 0 saturated carbocycles. The van der Waals surface area contributed by atoms with Gasteiger partial charge in [0.25, 0.3) is 5.91 Å². The summed E-state index contributed by atoms with van der Waals surface area (Å²) in [5.41, 5.74) is 1.60. The van der Waals surface area contributed by atoms with Crippen LogP contribution in [0.1, 0.15) is 27.9 Å². The molecule has 1 atom stereocenters. The lowest BCUT2D eigenvalue weighted by molar-refractivity contribution is 0.0906. The molecule has 0 spiro atoms. The summed E-state index contributed by atoms with van der Waals surface area (Å²) in [7, 11) is 0. The molecule has 1 amide bonds. The van der Waals surface area contributed by atoms with Crippen LogP contribution in [0.25, 0.3) is 11.3 Å². The van der Waals surface area contributed by atoms with Gasteiger partial charge >= 0.3 is 0 Å². The van der Waals surface area contributed by atoms with E-state index >= 15 is 0 Å². The molecule has 23 heavy (non-hydrogen) atoms. The zero-order valence-electron chi connectivity index (χ0n) is 12.5. The van der Waals surface area contributed by atoms with Crippen LogP contribution in [0.15, 0.2) is 57.7 Å². The third kappa shape index (κ3) is 3.02. The van der Waals surface area contributed by atoms with E-state index in [1.54, 1.807) is 19.1 Å². The molecule has 3 rings (SSSR count).